The number of aromatic nitrogens is 1. The minimum atomic E-state index is -4.32. The normalized spacial score (nSPS) is 11.2. The maximum Gasteiger partial charge on any atom is 0.412 e. The highest BCUT2D eigenvalue weighted by Crippen LogP contribution is 2.28. The molecule has 2 rings (SSSR count). The summed E-state index contributed by atoms with van der Waals surface area (Å²) in [4.78, 5) is 27.9. The molecular weight excluding hydrogens is 397 g/mol. The fourth-order valence-electron chi connectivity index (χ4n) is 2.50. The molecule has 0 aliphatic carbocycles. The Kier molecular flexibility index (Phi) is 8.57. The first kappa shape index (κ1) is 25.1. The number of Topliss-reactive ketones (excluding diaryl/α,β-unsaturated/α-hetero) is 1. The van der Waals surface area contributed by atoms with Gasteiger partial charge in [-0.3, -0.25) is 15.1 Å². The first-order valence-corrected chi connectivity index (χ1v) is 9.51. The zero-order valence-corrected chi connectivity index (χ0v) is 18.0. The van der Waals surface area contributed by atoms with Crippen molar-refractivity contribution >= 4 is 17.6 Å². The number of benzene rings is 1. The molecular formula is C22H27F3N2O3. The minimum absolute atomic E-state index is 0.0288. The van der Waals surface area contributed by atoms with Crippen molar-refractivity contribution in [2.45, 2.75) is 59.7 Å². The zero-order valence-electron chi connectivity index (χ0n) is 18.0. The summed E-state index contributed by atoms with van der Waals surface area (Å²) in [6.07, 6.45) is -4.76. The molecule has 30 heavy (non-hydrogen) atoms. The van der Waals surface area contributed by atoms with Gasteiger partial charge in [-0.15, -0.1) is 0 Å². The van der Waals surface area contributed by atoms with Gasteiger partial charge in [0.2, 0.25) is 0 Å². The van der Waals surface area contributed by atoms with E-state index < -0.39 is 24.3 Å². The summed E-state index contributed by atoms with van der Waals surface area (Å²) in [5.74, 6) is -0.372. The van der Waals surface area contributed by atoms with Crippen LogP contribution in [-0.2, 0) is 11.2 Å². The monoisotopic (exact) mass is 424 g/mol. The number of halogens is 3. The van der Waals surface area contributed by atoms with Crippen molar-refractivity contribution in [2.75, 3.05) is 5.32 Å². The summed E-state index contributed by atoms with van der Waals surface area (Å²) in [7, 11) is 0. The van der Waals surface area contributed by atoms with Crippen LogP contribution in [-0.4, -0.2) is 28.6 Å². The zero-order chi connectivity index (χ0) is 23.1. The molecule has 0 fully saturated rings. The van der Waals surface area contributed by atoms with Crippen LogP contribution in [0, 0.1) is 0 Å². The lowest BCUT2D eigenvalue weighted by Gasteiger charge is -2.20. The molecule has 1 N–H and O–H groups in total. The molecule has 164 valence electrons. The number of carbonyl (C=O) groups is 2. The summed E-state index contributed by atoms with van der Waals surface area (Å²) in [6.45, 7) is 10.4. The van der Waals surface area contributed by atoms with Gasteiger partial charge in [-0.05, 0) is 38.0 Å². The molecule has 5 nitrogen and oxygen atoms in total. The van der Waals surface area contributed by atoms with Crippen molar-refractivity contribution in [3.63, 3.8) is 0 Å². The number of hydrogen-bond acceptors (Lipinski definition) is 4. The van der Waals surface area contributed by atoms with E-state index in [1.807, 2.05) is 13.8 Å². The molecule has 0 atom stereocenters. The fraction of sp³-hybridized carbons (Fsp3) is 0.409. The van der Waals surface area contributed by atoms with Gasteiger partial charge in [0.25, 0.3) is 0 Å². The lowest BCUT2D eigenvalue weighted by Crippen LogP contribution is -2.27. The van der Waals surface area contributed by atoms with Crippen molar-refractivity contribution in [3.05, 3.63) is 47.8 Å². The van der Waals surface area contributed by atoms with Crippen LogP contribution in [0.1, 0.15) is 57.6 Å². The smallest absolute Gasteiger partial charge is 0.412 e. The topological polar surface area (TPSA) is 68.3 Å². The summed E-state index contributed by atoms with van der Waals surface area (Å²) in [5.41, 5.74) is 0.456. The Hall–Kier alpha value is -2.90. The number of amides is 1. The number of alkyl halides is 3. The molecule has 0 spiro atoms. The molecule has 0 saturated heterocycles. The van der Waals surface area contributed by atoms with Crippen molar-refractivity contribution in [1.82, 2.24) is 4.98 Å². The van der Waals surface area contributed by atoms with Crippen molar-refractivity contribution in [1.29, 1.82) is 0 Å². The van der Waals surface area contributed by atoms with E-state index in [4.69, 9.17) is 4.74 Å². The second-order valence-electron chi connectivity index (χ2n) is 7.30. The number of nitrogens with one attached hydrogen (secondary N) is 1. The molecule has 0 bridgehead atoms. The summed E-state index contributed by atoms with van der Waals surface area (Å²) in [5, 5.41) is 2.49. The van der Waals surface area contributed by atoms with E-state index in [1.165, 1.54) is 37.4 Å². The van der Waals surface area contributed by atoms with Crippen LogP contribution >= 0.6 is 0 Å². The molecule has 1 heterocycles. The van der Waals surface area contributed by atoms with Crippen LogP contribution in [0.5, 0.6) is 0 Å². The Labute approximate surface area is 174 Å². The number of anilines is 1. The van der Waals surface area contributed by atoms with Crippen LogP contribution < -0.4 is 5.32 Å². The van der Waals surface area contributed by atoms with E-state index in [9.17, 15) is 22.8 Å². The molecule has 0 radical (unpaired) electrons. The largest absolute Gasteiger partial charge is 0.444 e. The second-order valence-corrected chi connectivity index (χ2v) is 7.30. The Morgan fingerprint density at radius 1 is 1.07 bits per heavy atom. The molecule has 1 aromatic carbocycles. The number of hydrogen-bond donors (Lipinski definition) is 1. The predicted molar refractivity (Wildman–Crippen MR) is 111 cm³/mol. The van der Waals surface area contributed by atoms with E-state index in [1.54, 1.807) is 26.8 Å². The molecule has 1 amide bonds. The van der Waals surface area contributed by atoms with Gasteiger partial charge in [0.15, 0.2) is 5.78 Å². The lowest BCUT2D eigenvalue weighted by molar-refractivity contribution is -0.127. The van der Waals surface area contributed by atoms with E-state index in [-0.39, 0.29) is 22.7 Å². The van der Waals surface area contributed by atoms with E-state index in [0.717, 1.165) is 0 Å². The maximum absolute atomic E-state index is 12.6. The Morgan fingerprint density at radius 2 is 1.70 bits per heavy atom. The maximum atomic E-state index is 12.6. The van der Waals surface area contributed by atoms with Crippen LogP contribution in [0.2, 0.25) is 0 Å². The minimum Gasteiger partial charge on any atom is -0.444 e. The standard InChI is InChI=1S/C20H21F3N2O3.C2H6/c1-12(26)17-16(25-18(27)28-19(2,3)4)9-15(11-24-17)14-7-5-6-13(8-14)10-20(21,22)23;1-2/h5-9,11H,10H2,1-4H3,(H,25,27);1-2H3. The third-order valence-corrected chi connectivity index (χ3v) is 3.52. The van der Waals surface area contributed by atoms with Crippen molar-refractivity contribution in [3.8, 4) is 11.1 Å². The molecule has 0 unspecified atom stereocenters. The van der Waals surface area contributed by atoms with Crippen LogP contribution in [0.25, 0.3) is 11.1 Å². The third kappa shape index (κ3) is 8.23. The van der Waals surface area contributed by atoms with Gasteiger partial charge in [0, 0.05) is 18.7 Å². The van der Waals surface area contributed by atoms with Crippen LogP contribution in [0.4, 0.5) is 23.7 Å². The van der Waals surface area contributed by atoms with Gasteiger partial charge in [0.1, 0.15) is 11.3 Å². The Balaban J connectivity index is 0.00000218. The highest BCUT2D eigenvalue weighted by molar-refractivity contribution is 6.01. The molecule has 1 aromatic heterocycles. The quantitative estimate of drug-likeness (QED) is 0.574. The molecule has 0 saturated carbocycles. The predicted octanol–water partition coefficient (Wildman–Crippen LogP) is 6.43. The number of ether oxygens (including phenoxy) is 1. The van der Waals surface area contributed by atoms with E-state index >= 15 is 0 Å². The average Bonchev–Trinajstić information content (AvgIpc) is 2.60. The number of pyridine rings is 1. The SMILES string of the molecule is CC.CC(=O)c1ncc(-c2cccc(CC(F)(F)F)c2)cc1NC(=O)OC(C)(C)C. The molecule has 2 aromatic rings. The Bertz CT molecular complexity index is 888. The summed E-state index contributed by atoms with van der Waals surface area (Å²) < 4.78 is 43.1. The number of carbonyl (C=O) groups excluding carboxylic acids is 2. The number of rotatable bonds is 4. The number of nitrogens with zero attached hydrogens (tertiary/aromatic N) is 1. The third-order valence-electron chi connectivity index (χ3n) is 3.52. The van der Waals surface area contributed by atoms with Gasteiger partial charge in [0.05, 0.1) is 12.1 Å². The second kappa shape index (κ2) is 10.2. The van der Waals surface area contributed by atoms with Crippen molar-refractivity contribution < 1.29 is 27.5 Å². The first-order valence-electron chi connectivity index (χ1n) is 9.51. The van der Waals surface area contributed by atoms with Gasteiger partial charge in [-0.2, -0.15) is 13.2 Å². The van der Waals surface area contributed by atoms with Crippen LogP contribution in [0.3, 0.4) is 0 Å². The van der Waals surface area contributed by atoms with E-state index in [2.05, 4.69) is 10.3 Å². The highest BCUT2D eigenvalue weighted by atomic mass is 19.4. The highest BCUT2D eigenvalue weighted by Gasteiger charge is 2.27. The average molecular weight is 424 g/mol. The van der Waals surface area contributed by atoms with Gasteiger partial charge >= 0.3 is 12.3 Å². The summed E-state index contributed by atoms with van der Waals surface area (Å²) in [6, 6.07) is 7.40. The van der Waals surface area contributed by atoms with Gasteiger partial charge in [-0.25, -0.2) is 4.79 Å². The lowest BCUT2D eigenvalue weighted by atomic mass is 10.0. The fourth-order valence-corrected chi connectivity index (χ4v) is 2.50. The molecule has 0 aliphatic rings. The van der Waals surface area contributed by atoms with Crippen LogP contribution in [0.15, 0.2) is 36.5 Å². The molecule has 0 aliphatic heterocycles. The van der Waals surface area contributed by atoms with Gasteiger partial charge in [-0.1, -0.05) is 38.1 Å². The Morgan fingerprint density at radius 3 is 2.23 bits per heavy atom. The summed E-state index contributed by atoms with van der Waals surface area (Å²) >= 11 is 0. The van der Waals surface area contributed by atoms with Crippen molar-refractivity contribution in [2.24, 2.45) is 0 Å². The number of ketones is 1. The molecule has 8 heteroatoms. The first-order chi connectivity index (χ1) is 13.8. The van der Waals surface area contributed by atoms with E-state index in [0.29, 0.717) is 11.1 Å². The van der Waals surface area contributed by atoms with Gasteiger partial charge < -0.3 is 4.74 Å².